The lowest BCUT2D eigenvalue weighted by molar-refractivity contribution is 0.286. The molecule has 0 aromatic heterocycles. The second-order valence-corrected chi connectivity index (χ2v) is 5.65. The van der Waals surface area contributed by atoms with Crippen LogP contribution < -0.4 is 0 Å². The fraction of sp³-hybridized carbons (Fsp3) is 1.00. The van der Waals surface area contributed by atoms with Crippen LogP contribution >= 0.6 is 15.9 Å². The first-order valence-corrected chi connectivity index (χ1v) is 6.93. The van der Waals surface area contributed by atoms with Crippen molar-refractivity contribution in [1.29, 1.82) is 0 Å². The molecule has 1 nitrogen and oxygen atoms in total. The number of hydrogen-bond acceptors (Lipinski definition) is 1. The number of alkyl halides is 1. The van der Waals surface area contributed by atoms with E-state index in [1.165, 1.54) is 32.4 Å². The molecule has 0 radical (unpaired) electrons. The van der Waals surface area contributed by atoms with E-state index in [4.69, 9.17) is 0 Å². The van der Waals surface area contributed by atoms with Gasteiger partial charge in [-0.05, 0) is 51.2 Å². The van der Waals surface area contributed by atoms with E-state index in [1.807, 2.05) is 0 Å². The average Bonchev–Trinajstić information content (AvgIpc) is 2.12. The van der Waals surface area contributed by atoms with Crippen molar-refractivity contribution >= 4 is 15.9 Å². The van der Waals surface area contributed by atoms with Crippen molar-refractivity contribution in [2.24, 2.45) is 11.8 Å². The summed E-state index contributed by atoms with van der Waals surface area (Å²) >= 11 is 3.49. The summed E-state index contributed by atoms with van der Waals surface area (Å²) < 4.78 is 0. The van der Waals surface area contributed by atoms with Gasteiger partial charge in [0.1, 0.15) is 0 Å². The van der Waals surface area contributed by atoms with Gasteiger partial charge in [0.25, 0.3) is 0 Å². The normalized spacial score (nSPS) is 13.9. The highest BCUT2D eigenvalue weighted by Crippen LogP contribution is 2.10. The van der Waals surface area contributed by atoms with Crippen molar-refractivity contribution in [2.75, 3.05) is 25.5 Å². The minimum Gasteiger partial charge on any atom is -0.306 e. The van der Waals surface area contributed by atoms with Crippen LogP contribution in [0.15, 0.2) is 0 Å². The molecular formula is C12H26BrN. The summed E-state index contributed by atoms with van der Waals surface area (Å²) in [4.78, 5) is 2.46. The van der Waals surface area contributed by atoms with Crippen molar-refractivity contribution in [1.82, 2.24) is 4.90 Å². The lowest BCUT2D eigenvalue weighted by atomic mass is 10.0. The molecule has 0 saturated heterocycles. The predicted octanol–water partition coefficient (Wildman–Crippen LogP) is 3.78. The molecule has 0 aromatic rings. The number of nitrogens with zero attached hydrogens (tertiary/aromatic N) is 1. The Kier molecular flexibility index (Phi) is 9.00. The summed E-state index contributed by atoms with van der Waals surface area (Å²) in [5.74, 6) is 1.69. The van der Waals surface area contributed by atoms with Gasteiger partial charge in [0.15, 0.2) is 0 Å². The largest absolute Gasteiger partial charge is 0.306 e. The van der Waals surface area contributed by atoms with Gasteiger partial charge in [-0.15, -0.1) is 0 Å². The van der Waals surface area contributed by atoms with Crippen LogP contribution in [-0.2, 0) is 0 Å². The Labute approximate surface area is 98.4 Å². The van der Waals surface area contributed by atoms with E-state index in [-0.39, 0.29) is 0 Å². The van der Waals surface area contributed by atoms with Gasteiger partial charge in [-0.2, -0.15) is 0 Å². The van der Waals surface area contributed by atoms with Gasteiger partial charge in [0.05, 0.1) is 0 Å². The molecule has 0 aliphatic carbocycles. The van der Waals surface area contributed by atoms with Crippen molar-refractivity contribution in [3.05, 3.63) is 0 Å². The standard InChI is InChI=1S/C12H26BrN/c1-11(2)6-9-14(4)10-7-12(3)5-8-13/h11-12H,5-10H2,1-4H3. The molecule has 86 valence electrons. The van der Waals surface area contributed by atoms with Crippen LogP contribution in [0.3, 0.4) is 0 Å². The van der Waals surface area contributed by atoms with E-state index in [1.54, 1.807) is 0 Å². The van der Waals surface area contributed by atoms with Crippen LogP contribution in [0.1, 0.15) is 40.0 Å². The lowest BCUT2D eigenvalue weighted by Crippen LogP contribution is -2.23. The van der Waals surface area contributed by atoms with Crippen molar-refractivity contribution in [2.45, 2.75) is 40.0 Å². The molecule has 14 heavy (non-hydrogen) atoms. The maximum Gasteiger partial charge on any atom is 0.00338 e. The third kappa shape index (κ3) is 9.01. The Bertz CT molecular complexity index is 125. The van der Waals surface area contributed by atoms with E-state index in [0.717, 1.165) is 17.2 Å². The van der Waals surface area contributed by atoms with Crippen LogP contribution in [0.25, 0.3) is 0 Å². The van der Waals surface area contributed by atoms with Gasteiger partial charge >= 0.3 is 0 Å². The van der Waals surface area contributed by atoms with Crippen LogP contribution in [0.4, 0.5) is 0 Å². The van der Waals surface area contributed by atoms with Crippen molar-refractivity contribution < 1.29 is 0 Å². The highest BCUT2D eigenvalue weighted by molar-refractivity contribution is 9.09. The van der Waals surface area contributed by atoms with E-state index in [9.17, 15) is 0 Å². The molecule has 1 unspecified atom stereocenters. The van der Waals surface area contributed by atoms with E-state index < -0.39 is 0 Å². The summed E-state index contributed by atoms with van der Waals surface area (Å²) in [6, 6.07) is 0. The first-order chi connectivity index (χ1) is 6.56. The fourth-order valence-electron chi connectivity index (χ4n) is 1.36. The molecule has 0 bridgehead atoms. The minimum absolute atomic E-state index is 0.831. The van der Waals surface area contributed by atoms with E-state index in [0.29, 0.717) is 0 Å². The maximum absolute atomic E-state index is 3.49. The smallest absolute Gasteiger partial charge is 0.00338 e. The zero-order valence-electron chi connectivity index (χ0n) is 10.2. The average molecular weight is 264 g/mol. The summed E-state index contributed by atoms with van der Waals surface area (Å²) in [7, 11) is 2.24. The summed E-state index contributed by atoms with van der Waals surface area (Å²) in [5, 5.41) is 1.14. The van der Waals surface area contributed by atoms with Crippen molar-refractivity contribution in [3.63, 3.8) is 0 Å². The Morgan fingerprint density at radius 3 is 2.07 bits per heavy atom. The van der Waals surface area contributed by atoms with Crippen LogP contribution in [0.2, 0.25) is 0 Å². The van der Waals surface area contributed by atoms with Gasteiger partial charge in [-0.1, -0.05) is 36.7 Å². The van der Waals surface area contributed by atoms with E-state index >= 15 is 0 Å². The second kappa shape index (κ2) is 8.72. The number of rotatable bonds is 8. The summed E-state index contributed by atoms with van der Waals surface area (Å²) in [5.41, 5.74) is 0. The van der Waals surface area contributed by atoms with Gasteiger partial charge in [-0.3, -0.25) is 0 Å². The Hall–Kier alpha value is 0.440. The van der Waals surface area contributed by atoms with Gasteiger partial charge in [-0.25, -0.2) is 0 Å². The molecule has 1 atom stereocenters. The molecule has 0 aromatic carbocycles. The predicted molar refractivity (Wildman–Crippen MR) is 69.1 cm³/mol. The zero-order valence-corrected chi connectivity index (χ0v) is 11.8. The molecule has 0 N–H and O–H groups in total. The topological polar surface area (TPSA) is 3.24 Å². The van der Waals surface area contributed by atoms with Crippen LogP contribution in [0.5, 0.6) is 0 Å². The molecule has 0 fully saturated rings. The molecule has 0 saturated carbocycles. The molecular weight excluding hydrogens is 238 g/mol. The van der Waals surface area contributed by atoms with E-state index in [2.05, 4.69) is 48.6 Å². The molecule has 0 amide bonds. The Balaban J connectivity index is 3.38. The third-order valence-electron chi connectivity index (χ3n) is 2.69. The van der Waals surface area contributed by atoms with Gasteiger partial charge < -0.3 is 4.90 Å². The fourth-order valence-corrected chi connectivity index (χ4v) is 2.14. The van der Waals surface area contributed by atoms with Gasteiger partial charge in [0.2, 0.25) is 0 Å². The highest BCUT2D eigenvalue weighted by Gasteiger charge is 2.04. The summed E-state index contributed by atoms with van der Waals surface area (Å²) in [6.45, 7) is 9.43. The first-order valence-electron chi connectivity index (χ1n) is 5.80. The third-order valence-corrected chi connectivity index (χ3v) is 3.15. The second-order valence-electron chi connectivity index (χ2n) is 4.86. The zero-order chi connectivity index (χ0) is 11.0. The SMILES string of the molecule is CC(C)CCN(C)CCC(C)CCBr. The number of hydrogen-bond donors (Lipinski definition) is 0. The molecule has 0 aliphatic heterocycles. The molecule has 0 spiro atoms. The summed E-state index contributed by atoms with van der Waals surface area (Å²) in [6.07, 6.45) is 3.96. The van der Waals surface area contributed by atoms with Crippen LogP contribution in [-0.4, -0.2) is 30.4 Å². The van der Waals surface area contributed by atoms with Crippen LogP contribution in [0, 0.1) is 11.8 Å². The first kappa shape index (κ1) is 14.4. The highest BCUT2D eigenvalue weighted by atomic mass is 79.9. The molecule has 0 rings (SSSR count). The molecule has 0 aliphatic rings. The molecule has 2 heteroatoms. The molecule has 0 heterocycles. The minimum atomic E-state index is 0.831. The monoisotopic (exact) mass is 263 g/mol. The maximum atomic E-state index is 3.49. The van der Waals surface area contributed by atoms with Crippen molar-refractivity contribution in [3.8, 4) is 0 Å². The lowest BCUT2D eigenvalue weighted by Gasteiger charge is -2.19. The quantitative estimate of drug-likeness (QED) is 0.603. The van der Waals surface area contributed by atoms with Gasteiger partial charge in [0, 0.05) is 5.33 Å². The number of halogens is 1. The Morgan fingerprint density at radius 2 is 1.57 bits per heavy atom. The Morgan fingerprint density at radius 1 is 1.00 bits per heavy atom.